The normalized spacial score (nSPS) is 16.1. The van der Waals surface area contributed by atoms with Crippen molar-refractivity contribution in [3.05, 3.63) is 370 Å². The minimum absolute atomic E-state index is 0.187. The van der Waals surface area contributed by atoms with Gasteiger partial charge in [0.1, 0.15) is 0 Å². The highest BCUT2D eigenvalue weighted by molar-refractivity contribution is 7.99. The highest BCUT2D eigenvalue weighted by atomic mass is 32.2. The summed E-state index contributed by atoms with van der Waals surface area (Å²) in [6, 6.07) is 107. The van der Waals surface area contributed by atoms with Crippen molar-refractivity contribution in [1.82, 2.24) is 0 Å². The van der Waals surface area contributed by atoms with Crippen molar-refractivity contribution < 1.29 is 8.42 Å². The first-order valence-electron chi connectivity index (χ1n) is 29.6. The Kier molecular flexibility index (Phi) is 12.6. The molecule has 0 amide bonds. The zero-order valence-corrected chi connectivity index (χ0v) is 50.0. The highest BCUT2D eigenvalue weighted by Gasteiger charge is 2.51. The average molecular weight is 1150 g/mol. The summed E-state index contributed by atoms with van der Waals surface area (Å²) in [4.78, 5) is 8.13. The Hall–Kier alpha value is -9.46. The predicted molar refractivity (Wildman–Crippen MR) is 353 cm³/mol. The number of rotatable bonds is 6. The van der Waals surface area contributed by atoms with Gasteiger partial charge in [-0.25, -0.2) is 8.42 Å². The summed E-state index contributed by atoms with van der Waals surface area (Å²) < 4.78 is 28.2. The summed E-state index contributed by atoms with van der Waals surface area (Å²) in [5.41, 5.74) is 19.3. The monoisotopic (exact) mass is 1150 g/mol. The number of benzene rings is 12. The fourth-order valence-electron chi connectivity index (χ4n) is 14.8. The molecule has 0 aliphatic carbocycles. The molecule has 16 rings (SSSR count). The van der Waals surface area contributed by atoms with Crippen LogP contribution in [0.1, 0.15) is 94.5 Å². The molecule has 0 saturated carbocycles. The van der Waals surface area contributed by atoms with E-state index >= 15 is 0 Å². The molecule has 86 heavy (non-hydrogen) atoms. The van der Waals surface area contributed by atoms with Crippen molar-refractivity contribution in [3.8, 4) is 0 Å². The maximum atomic E-state index is 14.1. The van der Waals surface area contributed by atoms with E-state index in [-0.39, 0.29) is 10.8 Å². The van der Waals surface area contributed by atoms with Gasteiger partial charge in [-0.3, -0.25) is 0 Å². The largest absolute Gasteiger partial charge is 0.310 e. The number of fused-ring (bicyclic) bond motifs is 8. The van der Waals surface area contributed by atoms with Gasteiger partial charge in [0.2, 0.25) is 9.84 Å². The molecule has 0 saturated heterocycles. The van der Waals surface area contributed by atoms with Crippen LogP contribution in [-0.2, 0) is 31.5 Å². The number of hydrogen-bond donors (Lipinski definition) is 0. The molecule has 0 fully saturated rings. The first-order chi connectivity index (χ1) is 42.0. The molecule has 12 aromatic rings. The van der Waals surface area contributed by atoms with Crippen molar-refractivity contribution in [2.75, 3.05) is 9.80 Å². The smallest absolute Gasteiger partial charge is 0.207 e. The maximum absolute atomic E-state index is 14.1. The molecule has 0 bridgehead atoms. The van der Waals surface area contributed by atoms with Crippen molar-refractivity contribution >= 4 is 55.7 Å². The Morgan fingerprint density at radius 3 is 0.988 bits per heavy atom. The first kappa shape index (κ1) is 53.3. The summed E-state index contributed by atoms with van der Waals surface area (Å²) >= 11 is 1.88. The molecule has 416 valence electrons. The number of sulfone groups is 1. The van der Waals surface area contributed by atoms with Crippen LogP contribution in [0.2, 0.25) is 0 Å². The van der Waals surface area contributed by atoms with E-state index in [2.05, 4.69) is 268 Å². The minimum atomic E-state index is -3.72. The third kappa shape index (κ3) is 7.86. The molecule has 0 atom stereocenters. The third-order valence-electron chi connectivity index (χ3n) is 18.7. The summed E-state index contributed by atoms with van der Waals surface area (Å²) in [6.07, 6.45) is 0. The molecule has 4 aliphatic heterocycles. The second-order valence-corrected chi connectivity index (χ2v) is 26.9. The van der Waals surface area contributed by atoms with Crippen LogP contribution in [0, 0.1) is 0 Å². The van der Waals surface area contributed by atoms with E-state index < -0.39 is 20.7 Å². The molecule has 4 heterocycles. The Morgan fingerprint density at radius 2 is 0.581 bits per heavy atom. The van der Waals surface area contributed by atoms with Gasteiger partial charge in [-0.2, -0.15) is 0 Å². The standard InChI is InChI=1S/C40H31NO2S.C40H31NS/c1-39(2)31-19-9-12-22-35(31)41(30-17-7-4-8-18-30)36-26-25-29(27-34(36)39)40(28-15-5-3-6-16-28)32-20-10-13-23-37(32)44(42,43)38-24-14-11-21-33(38)40;1-39(2)31-19-9-12-22-35(31)41(30-17-7-4-8-18-30)36-26-25-29(27-34(36)39)40(28-15-5-3-6-16-28)32-20-10-13-23-37(32)42-38-24-14-11-21-33(38)40/h3-27H,1-2H3;3-27H,1-2H3. The topological polar surface area (TPSA) is 40.6 Å². The van der Waals surface area contributed by atoms with Crippen LogP contribution in [0.25, 0.3) is 0 Å². The van der Waals surface area contributed by atoms with E-state index in [1.54, 1.807) is 12.1 Å². The van der Waals surface area contributed by atoms with Gasteiger partial charge >= 0.3 is 0 Å². The molecule has 6 heteroatoms. The van der Waals surface area contributed by atoms with Gasteiger partial charge in [0.15, 0.2) is 0 Å². The summed E-state index contributed by atoms with van der Waals surface area (Å²) in [5.74, 6) is 0. The molecule has 0 N–H and O–H groups in total. The van der Waals surface area contributed by atoms with E-state index in [9.17, 15) is 8.42 Å². The summed E-state index contributed by atoms with van der Waals surface area (Å²) in [6.45, 7) is 9.34. The number of nitrogens with zero attached hydrogens (tertiary/aromatic N) is 2. The van der Waals surface area contributed by atoms with E-state index in [1.807, 2.05) is 72.4 Å². The Bertz CT molecular complexity index is 4610. The van der Waals surface area contributed by atoms with E-state index in [4.69, 9.17) is 0 Å². The maximum Gasteiger partial charge on any atom is 0.207 e. The van der Waals surface area contributed by atoms with E-state index in [0.29, 0.717) is 9.79 Å². The number of anilines is 6. The van der Waals surface area contributed by atoms with Crippen molar-refractivity contribution in [1.29, 1.82) is 0 Å². The summed E-state index contributed by atoms with van der Waals surface area (Å²) in [5, 5.41) is 0. The van der Waals surface area contributed by atoms with Crippen LogP contribution >= 0.6 is 11.8 Å². The van der Waals surface area contributed by atoms with E-state index in [0.717, 1.165) is 33.6 Å². The third-order valence-corrected chi connectivity index (χ3v) is 21.8. The van der Waals surface area contributed by atoms with Gasteiger partial charge in [-0.1, -0.05) is 270 Å². The van der Waals surface area contributed by atoms with Gasteiger partial charge in [0, 0.05) is 32.0 Å². The van der Waals surface area contributed by atoms with E-state index in [1.165, 1.54) is 77.0 Å². The highest BCUT2D eigenvalue weighted by Crippen LogP contribution is 2.60. The Morgan fingerprint density at radius 1 is 0.279 bits per heavy atom. The van der Waals surface area contributed by atoms with Crippen LogP contribution in [0.5, 0.6) is 0 Å². The second-order valence-electron chi connectivity index (χ2n) is 23.9. The first-order valence-corrected chi connectivity index (χ1v) is 31.9. The fraction of sp³-hybridized carbons (Fsp3) is 0.100. The van der Waals surface area contributed by atoms with Crippen molar-refractivity contribution in [2.24, 2.45) is 0 Å². The number of para-hydroxylation sites is 4. The zero-order chi connectivity index (χ0) is 58.4. The average Bonchev–Trinajstić information content (AvgIpc) is 0.727. The van der Waals surface area contributed by atoms with Gasteiger partial charge in [0.05, 0.1) is 43.4 Å². The molecule has 4 nitrogen and oxygen atoms in total. The number of hydrogen-bond acceptors (Lipinski definition) is 5. The van der Waals surface area contributed by atoms with Gasteiger partial charge in [-0.05, 0) is 140 Å². The lowest BCUT2D eigenvalue weighted by Gasteiger charge is -2.45. The molecular weight excluding hydrogens is 1090 g/mol. The fourth-order valence-corrected chi connectivity index (χ4v) is 17.8. The molecule has 12 aromatic carbocycles. The van der Waals surface area contributed by atoms with Crippen molar-refractivity contribution in [3.63, 3.8) is 0 Å². The zero-order valence-electron chi connectivity index (χ0n) is 48.4. The van der Waals surface area contributed by atoms with Gasteiger partial charge in [0.25, 0.3) is 0 Å². The molecule has 0 spiro atoms. The van der Waals surface area contributed by atoms with Crippen LogP contribution in [-0.4, -0.2) is 8.42 Å². The van der Waals surface area contributed by atoms with Crippen LogP contribution in [0.4, 0.5) is 34.1 Å². The predicted octanol–water partition coefficient (Wildman–Crippen LogP) is 20.0. The summed E-state index contributed by atoms with van der Waals surface area (Å²) in [7, 11) is -3.72. The van der Waals surface area contributed by atoms with Gasteiger partial charge in [-0.15, -0.1) is 0 Å². The quantitative estimate of drug-likeness (QED) is 0.166. The molecular formula is C80H62N2O2S2. The second kappa shape index (κ2) is 20.4. The molecule has 0 radical (unpaired) electrons. The van der Waals surface area contributed by atoms with Crippen LogP contribution < -0.4 is 9.80 Å². The Labute approximate surface area is 509 Å². The molecule has 4 aliphatic rings. The minimum Gasteiger partial charge on any atom is -0.310 e. The van der Waals surface area contributed by atoms with Gasteiger partial charge < -0.3 is 9.80 Å². The van der Waals surface area contributed by atoms with Crippen LogP contribution in [0.3, 0.4) is 0 Å². The lowest BCUT2D eigenvalue weighted by atomic mass is 9.63. The lowest BCUT2D eigenvalue weighted by molar-refractivity contribution is 0.577. The lowest BCUT2D eigenvalue weighted by Crippen LogP contribution is -2.38. The van der Waals surface area contributed by atoms with Crippen molar-refractivity contribution in [2.45, 2.75) is 68.9 Å². The molecule has 0 unspecified atom stereocenters. The Balaban J connectivity index is 0.000000145. The van der Waals surface area contributed by atoms with Crippen LogP contribution in [0.15, 0.2) is 323 Å². The molecule has 0 aromatic heterocycles. The SMILES string of the molecule is CC1(C)c2ccccc2N(c2ccccc2)c2ccc(C3(c4ccccc4)c4ccccc4S(=O)(=O)c4ccccc43)cc21.CC1(C)c2ccccc2N(c2ccccc2)c2ccc(C3(c4ccccc4)c4ccccc4Sc4ccccc43)cc21.